The van der Waals surface area contributed by atoms with Gasteiger partial charge in [-0.15, -0.1) is 0 Å². The minimum atomic E-state index is -0.378. The average molecular weight is 380 g/mol. The van der Waals surface area contributed by atoms with Crippen molar-refractivity contribution in [1.29, 1.82) is 0 Å². The second kappa shape index (κ2) is 7.25. The number of amides is 1. The lowest BCUT2D eigenvalue weighted by atomic mass is 9.95. The third kappa shape index (κ3) is 3.44. The van der Waals surface area contributed by atoms with Crippen LogP contribution in [0.25, 0.3) is 0 Å². The molecule has 1 aliphatic heterocycles. The number of anilines is 1. The minimum absolute atomic E-state index is 0.148. The maximum Gasteiger partial charge on any atom is 0.251 e. The summed E-state index contributed by atoms with van der Waals surface area (Å²) in [6.07, 6.45) is 1.48. The number of rotatable bonds is 4. The van der Waals surface area contributed by atoms with Crippen molar-refractivity contribution in [2.45, 2.75) is 19.5 Å². The number of carbonyl (C=O) groups excluding carboxylic acids is 1. The van der Waals surface area contributed by atoms with E-state index in [1.54, 1.807) is 4.68 Å². The predicted octanol–water partition coefficient (Wildman–Crippen LogP) is 3.54. The molecule has 0 unspecified atom stereocenters. The van der Waals surface area contributed by atoms with Crippen molar-refractivity contribution in [2.75, 3.05) is 5.32 Å². The summed E-state index contributed by atoms with van der Waals surface area (Å²) in [5, 5.41) is 11.1. The number of nitrogens with one attached hydrogen (secondary N) is 2. The van der Waals surface area contributed by atoms with Crippen LogP contribution in [0.5, 0.6) is 0 Å². The highest BCUT2D eigenvalue weighted by molar-refractivity contribution is 6.30. The molecule has 0 bridgehead atoms. The molecule has 0 spiro atoms. The first-order chi connectivity index (χ1) is 13.1. The van der Waals surface area contributed by atoms with E-state index in [1.165, 1.54) is 6.33 Å². The Bertz CT molecular complexity index is 995. The number of hydrogen-bond acceptors (Lipinski definition) is 4. The number of benzene rings is 2. The SMILES string of the molecule is CC1=C(C(=O)NCc2ccccc2)[C@H](c2ccc(Cl)cc2)n2ncnc2N1. The van der Waals surface area contributed by atoms with Crippen molar-refractivity contribution in [1.82, 2.24) is 20.1 Å². The Morgan fingerprint density at radius 2 is 1.93 bits per heavy atom. The van der Waals surface area contributed by atoms with Gasteiger partial charge in [-0.25, -0.2) is 4.68 Å². The Morgan fingerprint density at radius 3 is 2.67 bits per heavy atom. The molecule has 4 rings (SSSR count). The maximum absolute atomic E-state index is 13.1. The van der Waals surface area contributed by atoms with E-state index in [9.17, 15) is 4.79 Å². The fourth-order valence-corrected chi connectivity index (χ4v) is 3.34. The summed E-state index contributed by atoms with van der Waals surface area (Å²) in [5.41, 5.74) is 3.31. The molecule has 2 N–H and O–H groups in total. The summed E-state index contributed by atoms with van der Waals surface area (Å²) in [6.45, 7) is 2.33. The van der Waals surface area contributed by atoms with Crippen molar-refractivity contribution in [3.63, 3.8) is 0 Å². The normalized spacial score (nSPS) is 15.9. The first-order valence-electron chi connectivity index (χ1n) is 8.58. The van der Waals surface area contributed by atoms with Crippen LogP contribution in [0.2, 0.25) is 5.02 Å². The highest BCUT2D eigenvalue weighted by Crippen LogP contribution is 2.34. The van der Waals surface area contributed by atoms with Crippen LogP contribution >= 0.6 is 11.6 Å². The second-order valence-corrected chi connectivity index (χ2v) is 6.75. The Kier molecular flexibility index (Phi) is 4.64. The minimum Gasteiger partial charge on any atom is -0.348 e. The Balaban J connectivity index is 1.67. The quantitative estimate of drug-likeness (QED) is 0.727. The van der Waals surface area contributed by atoms with Crippen molar-refractivity contribution < 1.29 is 4.79 Å². The first kappa shape index (κ1) is 17.3. The van der Waals surface area contributed by atoms with E-state index in [2.05, 4.69) is 20.7 Å². The fraction of sp³-hybridized carbons (Fsp3) is 0.150. The van der Waals surface area contributed by atoms with E-state index in [4.69, 9.17) is 11.6 Å². The average Bonchev–Trinajstić information content (AvgIpc) is 3.14. The van der Waals surface area contributed by atoms with Gasteiger partial charge in [0.2, 0.25) is 5.95 Å². The van der Waals surface area contributed by atoms with Crippen molar-refractivity contribution in [3.05, 3.63) is 88.3 Å². The Labute approximate surface area is 161 Å². The van der Waals surface area contributed by atoms with E-state index in [-0.39, 0.29) is 11.9 Å². The number of nitrogens with zero attached hydrogens (tertiary/aromatic N) is 3. The molecular weight excluding hydrogens is 362 g/mol. The van der Waals surface area contributed by atoms with Crippen LogP contribution in [0.15, 0.2) is 72.2 Å². The molecule has 1 aliphatic rings. The van der Waals surface area contributed by atoms with Crippen molar-refractivity contribution >= 4 is 23.5 Å². The zero-order valence-corrected chi connectivity index (χ0v) is 15.4. The monoisotopic (exact) mass is 379 g/mol. The fourth-order valence-electron chi connectivity index (χ4n) is 3.21. The van der Waals surface area contributed by atoms with Gasteiger partial charge in [0.25, 0.3) is 5.91 Å². The van der Waals surface area contributed by atoms with E-state index in [0.717, 1.165) is 16.8 Å². The molecule has 2 heterocycles. The van der Waals surface area contributed by atoms with Crippen LogP contribution in [0.3, 0.4) is 0 Å². The molecule has 27 heavy (non-hydrogen) atoms. The zero-order chi connectivity index (χ0) is 18.8. The smallest absolute Gasteiger partial charge is 0.251 e. The lowest BCUT2D eigenvalue weighted by Gasteiger charge is -2.28. The Morgan fingerprint density at radius 1 is 1.19 bits per heavy atom. The third-order valence-electron chi connectivity index (χ3n) is 4.52. The van der Waals surface area contributed by atoms with Crippen LogP contribution in [0.1, 0.15) is 24.1 Å². The van der Waals surface area contributed by atoms with Crippen molar-refractivity contribution in [3.8, 4) is 0 Å². The molecule has 0 saturated heterocycles. The number of halogens is 1. The maximum atomic E-state index is 13.1. The van der Waals surface area contributed by atoms with Gasteiger partial charge in [0.05, 0.1) is 5.57 Å². The van der Waals surface area contributed by atoms with Crippen LogP contribution in [0, 0.1) is 0 Å². The molecule has 6 nitrogen and oxygen atoms in total. The van der Waals surface area contributed by atoms with Crippen LogP contribution in [0.4, 0.5) is 5.95 Å². The molecule has 0 aliphatic carbocycles. The van der Waals surface area contributed by atoms with Gasteiger partial charge in [-0.05, 0) is 30.2 Å². The highest BCUT2D eigenvalue weighted by Gasteiger charge is 2.33. The predicted molar refractivity (Wildman–Crippen MR) is 104 cm³/mol. The number of aromatic nitrogens is 3. The largest absolute Gasteiger partial charge is 0.348 e. The number of allylic oxidation sites excluding steroid dienone is 1. The molecule has 3 aromatic rings. The van der Waals surface area contributed by atoms with Crippen LogP contribution < -0.4 is 10.6 Å². The van der Waals surface area contributed by atoms with E-state index < -0.39 is 0 Å². The molecule has 0 saturated carbocycles. The number of hydrogen-bond donors (Lipinski definition) is 2. The Hall–Kier alpha value is -3.12. The first-order valence-corrected chi connectivity index (χ1v) is 8.96. The van der Waals surface area contributed by atoms with Gasteiger partial charge in [-0.1, -0.05) is 54.1 Å². The second-order valence-electron chi connectivity index (χ2n) is 6.31. The molecule has 136 valence electrons. The van der Waals surface area contributed by atoms with E-state index in [1.807, 2.05) is 61.5 Å². The third-order valence-corrected chi connectivity index (χ3v) is 4.77. The summed E-state index contributed by atoms with van der Waals surface area (Å²) in [6, 6.07) is 16.9. The molecule has 1 atom stereocenters. The van der Waals surface area contributed by atoms with Gasteiger partial charge >= 0.3 is 0 Å². The summed E-state index contributed by atoms with van der Waals surface area (Å²) in [5.74, 6) is 0.456. The van der Waals surface area contributed by atoms with Gasteiger partial charge in [-0.3, -0.25) is 4.79 Å². The summed E-state index contributed by atoms with van der Waals surface area (Å²) in [7, 11) is 0. The topological polar surface area (TPSA) is 71.8 Å². The number of fused-ring (bicyclic) bond motifs is 1. The summed E-state index contributed by atoms with van der Waals surface area (Å²) in [4.78, 5) is 17.3. The van der Waals surface area contributed by atoms with E-state index in [0.29, 0.717) is 23.1 Å². The van der Waals surface area contributed by atoms with E-state index >= 15 is 0 Å². The van der Waals surface area contributed by atoms with Gasteiger partial charge in [0, 0.05) is 17.3 Å². The lowest BCUT2D eigenvalue weighted by molar-refractivity contribution is -0.118. The lowest BCUT2D eigenvalue weighted by Crippen LogP contribution is -2.34. The highest BCUT2D eigenvalue weighted by atomic mass is 35.5. The van der Waals surface area contributed by atoms with Gasteiger partial charge in [-0.2, -0.15) is 10.1 Å². The van der Waals surface area contributed by atoms with Gasteiger partial charge < -0.3 is 10.6 Å². The van der Waals surface area contributed by atoms with Gasteiger partial charge in [0.15, 0.2) is 0 Å². The number of carbonyl (C=O) groups is 1. The van der Waals surface area contributed by atoms with Crippen LogP contribution in [-0.4, -0.2) is 20.7 Å². The van der Waals surface area contributed by atoms with Crippen molar-refractivity contribution in [2.24, 2.45) is 0 Å². The molecule has 1 aromatic heterocycles. The van der Waals surface area contributed by atoms with Gasteiger partial charge in [0.1, 0.15) is 12.4 Å². The molecule has 0 radical (unpaired) electrons. The zero-order valence-electron chi connectivity index (χ0n) is 14.7. The summed E-state index contributed by atoms with van der Waals surface area (Å²) < 4.78 is 1.72. The molecule has 7 heteroatoms. The standard InChI is InChI=1S/C20H18ClN5O/c1-13-17(19(27)22-11-14-5-3-2-4-6-14)18(15-7-9-16(21)10-8-15)26-20(25-13)23-12-24-26/h2-10,12,18H,11H2,1H3,(H,22,27)(H,23,24,25)/t18-/m0/s1. The molecular formula is C20H18ClN5O. The molecule has 0 fully saturated rings. The summed E-state index contributed by atoms with van der Waals surface area (Å²) >= 11 is 6.04. The van der Waals surface area contributed by atoms with Crippen LogP contribution in [-0.2, 0) is 11.3 Å². The molecule has 1 amide bonds. The molecule has 2 aromatic carbocycles.